The van der Waals surface area contributed by atoms with Gasteiger partial charge in [0.1, 0.15) is 0 Å². The van der Waals surface area contributed by atoms with Crippen molar-refractivity contribution in [1.82, 2.24) is 9.78 Å². The number of amides is 1. The fourth-order valence-corrected chi connectivity index (χ4v) is 2.13. The topological polar surface area (TPSA) is 84.2 Å². The average Bonchev–Trinajstić information content (AvgIpc) is 2.73. The molecule has 1 aromatic heterocycles. The molecule has 0 fully saturated rings. The van der Waals surface area contributed by atoms with Gasteiger partial charge >= 0.3 is 5.97 Å². The Balaban J connectivity index is 2.35. The number of carbonyl (C=O) groups excluding carboxylic acids is 1. The van der Waals surface area contributed by atoms with Crippen LogP contribution in [0.15, 0.2) is 18.3 Å². The molecule has 0 aliphatic heterocycles. The maximum absolute atomic E-state index is 12.3. The highest BCUT2D eigenvalue weighted by Crippen LogP contribution is 2.22. The molecule has 0 spiro atoms. The van der Waals surface area contributed by atoms with Crippen molar-refractivity contribution in [2.24, 2.45) is 7.05 Å². The average molecular weight is 287 g/mol. The van der Waals surface area contributed by atoms with E-state index >= 15 is 0 Å². The molecule has 2 N–H and O–H groups in total. The van der Waals surface area contributed by atoms with Gasteiger partial charge in [0.2, 0.25) is 0 Å². The molecule has 0 unspecified atom stereocenters. The van der Waals surface area contributed by atoms with E-state index in [4.69, 9.17) is 5.11 Å². The molecule has 1 aromatic carbocycles. The van der Waals surface area contributed by atoms with Crippen LogP contribution in [0.5, 0.6) is 0 Å². The van der Waals surface area contributed by atoms with Crippen molar-refractivity contribution >= 4 is 17.6 Å². The molecule has 2 rings (SSSR count). The zero-order valence-electron chi connectivity index (χ0n) is 12.4. The van der Waals surface area contributed by atoms with Crippen molar-refractivity contribution in [3.63, 3.8) is 0 Å². The Bertz CT molecular complexity index is 732. The van der Waals surface area contributed by atoms with Crippen LogP contribution in [0.3, 0.4) is 0 Å². The lowest BCUT2D eigenvalue weighted by atomic mass is 10.0. The third-order valence-electron chi connectivity index (χ3n) is 3.53. The normalized spacial score (nSPS) is 10.5. The van der Waals surface area contributed by atoms with Crippen LogP contribution in [0.4, 0.5) is 5.69 Å². The third kappa shape index (κ3) is 2.79. The first-order valence-corrected chi connectivity index (χ1v) is 6.45. The van der Waals surface area contributed by atoms with E-state index < -0.39 is 5.97 Å². The van der Waals surface area contributed by atoms with E-state index in [2.05, 4.69) is 10.4 Å². The number of rotatable bonds is 3. The highest BCUT2D eigenvalue weighted by molar-refractivity contribution is 6.06. The smallest absolute Gasteiger partial charge is 0.336 e. The predicted octanol–water partition coefficient (Wildman–Crippen LogP) is 2.30. The van der Waals surface area contributed by atoms with Crippen LogP contribution in [0, 0.1) is 20.8 Å². The standard InChI is InChI=1S/C15H17N3O3/c1-8-5-9(2)13(6-11(8)15(20)21)17-14(19)12-7-16-18(4)10(12)3/h5-7H,1-4H3,(H,17,19)(H,20,21). The van der Waals surface area contributed by atoms with Crippen molar-refractivity contribution in [1.29, 1.82) is 0 Å². The maximum atomic E-state index is 12.3. The minimum atomic E-state index is -1.01. The van der Waals surface area contributed by atoms with Crippen molar-refractivity contribution in [3.05, 3.63) is 46.3 Å². The molecule has 0 aliphatic carbocycles. The number of carbonyl (C=O) groups is 2. The van der Waals surface area contributed by atoms with Crippen LogP contribution in [0.2, 0.25) is 0 Å². The SMILES string of the molecule is Cc1cc(C)c(C(=O)O)cc1NC(=O)c1cnn(C)c1C. The van der Waals surface area contributed by atoms with Crippen LogP contribution >= 0.6 is 0 Å². The first-order valence-electron chi connectivity index (χ1n) is 6.45. The number of hydrogen-bond acceptors (Lipinski definition) is 3. The molecule has 1 heterocycles. The number of aryl methyl sites for hydroxylation is 3. The predicted molar refractivity (Wildman–Crippen MR) is 78.8 cm³/mol. The van der Waals surface area contributed by atoms with Gasteiger partial charge in [-0.3, -0.25) is 9.48 Å². The van der Waals surface area contributed by atoms with Gasteiger partial charge in [0.05, 0.1) is 17.3 Å². The molecule has 0 atom stereocenters. The second kappa shape index (κ2) is 5.40. The quantitative estimate of drug-likeness (QED) is 0.907. The fourth-order valence-electron chi connectivity index (χ4n) is 2.13. The lowest BCUT2D eigenvalue weighted by molar-refractivity contribution is 0.0695. The first kappa shape index (κ1) is 14.8. The number of anilines is 1. The first-order chi connectivity index (χ1) is 9.81. The van der Waals surface area contributed by atoms with E-state index in [0.717, 1.165) is 11.3 Å². The van der Waals surface area contributed by atoms with Gasteiger partial charge < -0.3 is 10.4 Å². The summed E-state index contributed by atoms with van der Waals surface area (Å²) in [5.74, 6) is -1.32. The molecular formula is C15H17N3O3. The molecule has 0 aliphatic rings. The van der Waals surface area contributed by atoms with E-state index in [0.29, 0.717) is 16.8 Å². The number of carboxylic acid groups (broad SMARTS) is 1. The van der Waals surface area contributed by atoms with Gasteiger partial charge in [0.15, 0.2) is 0 Å². The summed E-state index contributed by atoms with van der Waals surface area (Å²) < 4.78 is 1.61. The number of hydrogen-bond donors (Lipinski definition) is 2. The van der Waals surface area contributed by atoms with Gasteiger partial charge in [0, 0.05) is 18.4 Å². The summed E-state index contributed by atoms with van der Waals surface area (Å²) in [6, 6.07) is 3.23. The van der Waals surface area contributed by atoms with E-state index in [1.165, 1.54) is 12.3 Å². The van der Waals surface area contributed by atoms with Crippen LogP contribution in [-0.2, 0) is 7.05 Å². The van der Waals surface area contributed by atoms with Crippen molar-refractivity contribution < 1.29 is 14.7 Å². The van der Waals surface area contributed by atoms with Gasteiger partial charge in [-0.2, -0.15) is 5.10 Å². The number of carboxylic acids is 1. The Morgan fingerprint density at radius 3 is 2.33 bits per heavy atom. The number of aromatic carboxylic acids is 1. The Kier molecular flexibility index (Phi) is 3.80. The van der Waals surface area contributed by atoms with Crippen LogP contribution in [0.25, 0.3) is 0 Å². The largest absolute Gasteiger partial charge is 0.478 e. The number of aromatic nitrogens is 2. The van der Waals surface area contributed by atoms with Crippen LogP contribution < -0.4 is 5.32 Å². The lowest BCUT2D eigenvalue weighted by Crippen LogP contribution is -2.15. The van der Waals surface area contributed by atoms with Gasteiger partial charge in [0.25, 0.3) is 5.91 Å². The highest BCUT2D eigenvalue weighted by atomic mass is 16.4. The summed E-state index contributed by atoms with van der Waals surface area (Å²) in [6.45, 7) is 5.35. The van der Waals surface area contributed by atoms with Crippen molar-refractivity contribution in [3.8, 4) is 0 Å². The molecule has 6 nitrogen and oxygen atoms in total. The van der Waals surface area contributed by atoms with Gasteiger partial charge in [-0.25, -0.2) is 4.79 Å². The Morgan fingerprint density at radius 1 is 1.14 bits per heavy atom. The van der Waals surface area contributed by atoms with Crippen molar-refractivity contribution in [2.75, 3.05) is 5.32 Å². The molecule has 110 valence electrons. The molecule has 0 saturated carbocycles. The van der Waals surface area contributed by atoms with Gasteiger partial charge in [-0.05, 0) is 38.0 Å². The van der Waals surface area contributed by atoms with E-state index in [-0.39, 0.29) is 11.5 Å². The number of nitrogens with one attached hydrogen (secondary N) is 1. The molecule has 0 bridgehead atoms. The molecular weight excluding hydrogens is 270 g/mol. The fraction of sp³-hybridized carbons (Fsp3) is 0.267. The van der Waals surface area contributed by atoms with Crippen LogP contribution in [-0.4, -0.2) is 26.8 Å². The highest BCUT2D eigenvalue weighted by Gasteiger charge is 2.16. The van der Waals surface area contributed by atoms with Crippen LogP contribution in [0.1, 0.15) is 37.5 Å². The summed E-state index contributed by atoms with van der Waals surface area (Å²) in [5.41, 5.74) is 3.36. The Labute approximate surface area is 122 Å². The summed E-state index contributed by atoms with van der Waals surface area (Å²) >= 11 is 0. The molecule has 0 radical (unpaired) electrons. The lowest BCUT2D eigenvalue weighted by Gasteiger charge is -2.11. The second-order valence-electron chi connectivity index (χ2n) is 5.01. The van der Waals surface area contributed by atoms with Crippen molar-refractivity contribution in [2.45, 2.75) is 20.8 Å². The summed E-state index contributed by atoms with van der Waals surface area (Å²) in [5, 5.41) is 15.9. The van der Waals surface area contributed by atoms with E-state index in [1.807, 2.05) is 6.92 Å². The van der Waals surface area contributed by atoms with Gasteiger partial charge in [-0.1, -0.05) is 6.07 Å². The maximum Gasteiger partial charge on any atom is 0.336 e. The Hall–Kier alpha value is -2.63. The van der Waals surface area contributed by atoms with Gasteiger partial charge in [-0.15, -0.1) is 0 Å². The minimum Gasteiger partial charge on any atom is -0.478 e. The minimum absolute atomic E-state index is 0.179. The van der Waals surface area contributed by atoms with E-state index in [1.54, 1.807) is 31.6 Å². The molecule has 21 heavy (non-hydrogen) atoms. The third-order valence-corrected chi connectivity index (χ3v) is 3.53. The summed E-state index contributed by atoms with van der Waals surface area (Å²) in [4.78, 5) is 23.4. The number of benzene rings is 1. The zero-order chi connectivity index (χ0) is 15.7. The molecule has 6 heteroatoms. The summed E-state index contributed by atoms with van der Waals surface area (Å²) in [6.07, 6.45) is 1.49. The molecule has 0 saturated heterocycles. The second-order valence-corrected chi connectivity index (χ2v) is 5.01. The molecule has 2 aromatic rings. The number of nitrogens with zero attached hydrogens (tertiary/aromatic N) is 2. The monoisotopic (exact) mass is 287 g/mol. The zero-order valence-corrected chi connectivity index (χ0v) is 12.4. The van der Waals surface area contributed by atoms with E-state index in [9.17, 15) is 9.59 Å². The summed E-state index contributed by atoms with van der Waals surface area (Å²) in [7, 11) is 1.76. The molecule has 1 amide bonds. The Morgan fingerprint density at radius 2 is 1.81 bits per heavy atom.